The van der Waals surface area contributed by atoms with Crippen molar-refractivity contribution >= 4 is 40.1 Å². The van der Waals surface area contributed by atoms with Crippen LogP contribution in [-0.4, -0.2) is 28.6 Å². The Balaban J connectivity index is 1.39. The first-order valence-electron chi connectivity index (χ1n) is 12.5. The number of hydrogen-bond acceptors (Lipinski definition) is 7. The average molecular weight is 547 g/mol. The number of hydrogen-bond donors (Lipinski definition) is 5. The molecule has 2 heterocycles. The normalized spacial score (nSPS) is 10.5. The fraction of sp³-hybridized carbons (Fsp3) is 0.0667. The molecule has 0 saturated carbocycles. The van der Waals surface area contributed by atoms with Gasteiger partial charge in [0.25, 0.3) is 5.91 Å². The number of amides is 1. The Hall–Kier alpha value is -6.02. The topological polar surface area (TPSA) is 163 Å². The standard InChI is InChI=1S/C30H26N8O3/c1-18-24(37-29(39)19-7-9-22(10-8-19)36-30(32)33)17-38-28(18)27(20(15-31)16-34-38)35-21-11-13-23(14-12-21)41-26-6-4-3-5-25(26)40-2/h3-14,16-17,35H,1-2H3,(H,37,39)(H4,32,33,36). The number of benzene rings is 3. The van der Waals surface area contributed by atoms with Gasteiger partial charge in [-0.15, -0.1) is 0 Å². The Bertz CT molecular complexity index is 1790. The molecule has 5 rings (SSSR count). The maximum Gasteiger partial charge on any atom is 0.255 e. The number of nitrogens with one attached hydrogen (secondary N) is 4. The third-order valence-corrected chi connectivity index (χ3v) is 6.27. The molecule has 0 saturated heterocycles. The molecule has 3 aromatic carbocycles. The molecule has 0 radical (unpaired) electrons. The van der Waals surface area contributed by atoms with Gasteiger partial charge in [0, 0.05) is 22.5 Å². The van der Waals surface area contributed by atoms with Crippen molar-refractivity contribution in [2.75, 3.05) is 23.1 Å². The predicted molar refractivity (Wildman–Crippen MR) is 157 cm³/mol. The van der Waals surface area contributed by atoms with Gasteiger partial charge in [-0.1, -0.05) is 12.1 Å². The molecule has 2 aromatic heterocycles. The number of rotatable bonds is 8. The van der Waals surface area contributed by atoms with Gasteiger partial charge >= 0.3 is 0 Å². The van der Waals surface area contributed by atoms with Crippen LogP contribution in [0.4, 0.5) is 22.7 Å². The second-order valence-electron chi connectivity index (χ2n) is 8.98. The third-order valence-electron chi connectivity index (χ3n) is 6.27. The van der Waals surface area contributed by atoms with E-state index in [4.69, 9.17) is 20.6 Å². The number of guanidine groups is 1. The lowest BCUT2D eigenvalue weighted by atomic mass is 10.1. The molecule has 5 aromatic rings. The molecule has 41 heavy (non-hydrogen) atoms. The van der Waals surface area contributed by atoms with Crippen LogP contribution in [0.1, 0.15) is 21.5 Å². The molecular formula is C30H26N8O3. The summed E-state index contributed by atoms with van der Waals surface area (Å²) in [5, 5.41) is 30.4. The zero-order chi connectivity index (χ0) is 28.9. The number of aryl methyl sites for hydroxylation is 1. The van der Waals surface area contributed by atoms with Gasteiger partial charge in [-0.3, -0.25) is 10.2 Å². The van der Waals surface area contributed by atoms with E-state index in [0.717, 1.165) is 11.3 Å². The summed E-state index contributed by atoms with van der Waals surface area (Å²) in [7, 11) is 1.59. The molecule has 0 unspecified atom stereocenters. The zero-order valence-corrected chi connectivity index (χ0v) is 22.2. The van der Waals surface area contributed by atoms with Crippen LogP contribution in [-0.2, 0) is 0 Å². The van der Waals surface area contributed by atoms with E-state index in [1.165, 1.54) is 6.20 Å². The van der Waals surface area contributed by atoms with Gasteiger partial charge in [0.2, 0.25) is 0 Å². The lowest BCUT2D eigenvalue weighted by Crippen LogP contribution is -2.20. The molecule has 0 aliphatic rings. The molecule has 11 nitrogen and oxygen atoms in total. The number of nitriles is 1. The minimum absolute atomic E-state index is 0.191. The number of anilines is 4. The van der Waals surface area contributed by atoms with E-state index in [1.54, 1.807) is 42.1 Å². The maximum atomic E-state index is 13.0. The monoisotopic (exact) mass is 546 g/mol. The summed E-state index contributed by atoms with van der Waals surface area (Å²) in [6.07, 6.45) is 3.17. The number of nitrogens with zero attached hydrogens (tertiary/aromatic N) is 3. The maximum absolute atomic E-state index is 13.0. The molecule has 0 atom stereocenters. The van der Waals surface area contributed by atoms with Crippen LogP contribution in [0.2, 0.25) is 0 Å². The molecule has 0 fully saturated rings. The molecule has 0 spiro atoms. The zero-order valence-electron chi connectivity index (χ0n) is 22.2. The van der Waals surface area contributed by atoms with Crippen molar-refractivity contribution in [2.45, 2.75) is 6.92 Å². The number of carbonyl (C=O) groups is 1. The summed E-state index contributed by atoms with van der Waals surface area (Å²) in [4.78, 5) is 13.0. The Labute approximate surface area is 235 Å². The minimum Gasteiger partial charge on any atom is -0.493 e. The summed E-state index contributed by atoms with van der Waals surface area (Å²) in [5.74, 6) is 1.33. The molecule has 1 amide bonds. The Kier molecular flexibility index (Phi) is 7.38. The highest BCUT2D eigenvalue weighted by atomic mass is 16.5. The van der Waals surface area contributed by atoms with E-state index in [0.29, 0.717) is 51.0 Å². The van der Waals surface area contributed by atoms with Gasteiger partial charge in [0.05, 0.1) is 42.0 Å². The van der Waals surface area contributed by atoms with Crippen LogP contribution in [0, 0.1) is 23.7 Å². The van der Waals surface area contributed by atoms with Crippen molar-refractivity contribution in [3.8, 4) is 23.3 Å². The molecular weight excluding hydrogens is 520 g/mol. The van der Waals surface area contributed by atoms with Crippen LogP contribution < -0.4 is 31.2 Å². The quantitative estimate of drug-likeness (QED) is 0.124. The van der Waals surface area contributed by atoms with Crippen LogP contribution in [0.15, 0.2) is 85.2 Å². The van der Waals surface area contributed by atoms with Gasteiger partial charge in [-0.25, -0.2) is 4.52 Å². The summed E-state index contributed by atoms with van der Waals surface area (Å²) >= 11 is 0. The van der Waals surface area contributed by atoms with Gasteiger partial charge in [-0.2, -0.15) is 10.4 Å². The number of aromatic nitrogens is 2. The van der Waals surface area contributed by atoms with Crippen molar-refractivity contribution in [1.82, 2.24) is 9.61 Å². The van der Waals surface area contributed by atoms with E-state index in [1.807, 2.05) is 55.5 Å². The molecule has 11 heteroatoms. The fourth-order valence-electron chi connectivity index (χ4n) is 4.26. The van der Waals surface area contributed by atoms with Gasteiger partial charge in [0.15, 0.2) is 17.5 Å². The Morgan fingerprint density at radius 1 is 1.00 bits per heavy atom. The molecule has 0 aliphatic heterocycles. The molecule has 204 valence electrons. The number of ether oxygens (including phenoxy) is 2. The number of nitrogens with two attached hydrogens (primary N) is 1. The van der Waals surface area contributed by atoms with Crippen LogP contribution >= 0.6 is 0 Å². The van der Waals surface area contributed by atoms with Crippen LogP contribution in [0.25, 0.3) is 5.52 Å². The second-order valence-corrected chi connectivity index (χ2v) is 8.98. The number of methoxy groups -OCH3 is 1. The largest absolute Gasteiger partial charge is 0.493 e. The van der Waals surface area contributed by atoms with Gasteiger partial charge < -0.3 is 31.2 Å². The summed E-state index contributed by atoms with van der Waals surface area (Å²) in [5.41, 5.74) is 9.94. The van der Waals surface area contributed by atoms with Gasteiger partial charge in [0.1, 0.15) is 11.8 Å². The van der Waals surface area contributed by atoms with E-state index in [9.17, 15) is 10.1 Å². The van der Waals surface area contributed by atoms with Crippen molar-refractivity contribution in [3.05, 3.63) is 102 Å². The highest BCUT2D eigenvalue weighted by Crippen LogP contribution is 2.34. The van der Waals surface area contributed by atoms with Gasteiger partial charge in [-0.05, 0) is 67.6 Å². The molecule has 0 aliphatic carbocycles. The first kappa shape index (κ1) is 26.6. The Morgan fingerprint density at radius 2 is 1.68 bits per heavy atom. The lowest BCUT2D eigenvalue weighted by molar-refractivity contribution is 0.102. The summed E-state index contributed by atoms with van der Waals surface area (Å²) in [6.45, 7) is 1.85. The van der Waals surface area contributed by atoms with E-state index in [-0.39, 0.29) is 11.9 Å². The number of fused-ring (bicyclic) bond motifs is 1. The first-order valence-corrected chi connectivity index (χ1v) is 12.5. The van der Waals surface area contributed by atoms with E-state index >= 15 is 0 Å². The highest BCUT2D eigenvalue weighted by molar-refractivity contribution is 6.06. The minimum atomic E-state index is -0.320. The second kappa shape index (κ2) is 11.4. The van der Waals surface area contributed by atoms with Crippen molar-refractivity contribution in [1.29, 1.82) is 10.7 Å². The predicted octanol–water partition coefficient (Wildman–Crippen LogP) is 5.62. The van der Waals surface area contributed by atoms with Crippen molar-refractivity contribution in [2.24, 2.45) is 5.73 Å². The fourth-order valence-corrected chi connectivity index (χ4v) is 4.26. The summed E-state index contributed by atoms with van der Waals surface area (Å²) in [6, 6.07) is 23.5. The molecule has 0 bridgehead atoms. The lowest BCUT2D eigenvalue weighted by Gasteiger charge is -2.13. The average Bonchev–Trinajstić information content (AvgIpc) is 3.29. The number of carbonyl (C=O) groups excluding carboxylic acids is 1. The first-order chi connectivity index (χ1) is 19.9. The van der Waals surface area contributed by atoms with Crippen LogP contribution in [0.5, 0.6) is 17.2 Å². The summed E-state index contributed by atoms with van der Waals surface area (Å²) < 4.78 is 12.9. The van der Waals surface area contributed by atoms with Crippen molar-refractivity contribution in [3.63, 3.8) is 0 Å². The Morgan fingerprint density at radius 3 is 2.34 bits per heavy atom. The van der Waals surface area contributed by atoms with Crippen LogP contribution in [0.3, 0.4) is 0 Å². The van der Waals surface area contributed by atoms with E-state index in [2.05, 4.69) is 27.1 Å². The SMILES string of the molecule is COc1ccccc1Oc1ccc(Nc2c(C#N)cnn3cc(NC(=O)c4ccc(NC(=N)N)cc4)c(C)c23)cc1. The highest BCUT2D eigenvalue weighted by Gasteiger charge is 2.18. The third kappa shape index (κ3) is 5.71. The van der Waals surface area contributed by atoms with E-state index < -0.39 is 0 Å². The number of para-hydroxylation sites is 2. The van der Waals surface area contributed by atoms with Crippen molar-refractivity contribution < 1.29 is 14.3 Å². The smallest absolute Gasteiger partial charge is 0.255 e. The molecule has 6 N–H and O–H groups in total.